The van der Waals surface area contributed by atoms with Gasteiger partial charge in [0.15, 0.2) is 0 Å². The van der Waals surface area contributed by atoms with Crippen LogP contribution in [0.4, 0.5) is 0 Å². The molecule has 0 radical (unpaired) electrons. The number of aliphatic hydroxyl groups is 1. The maximum atomic E-state index is 9.12. The van der Waals surface area contributed by atoms with E-state index in [-0.39, 0.29) is 12.2 Å². The van der Waals surface area contributed by atoms with Gasteiger partial charge in [0.05, 0.1) is 18.8 Å². The van der Waals surface area contributed by atoms with Gasteiger partial charge >= 0.3 is 0 Å². The van der Waals surface area contributed by atoms with Crippen LogP contribution in [0.1, 0.15) is 13.3 Å². The number of ether oxygens (including phenoxy) is 1. The number of nitrogens with zero attached hydrogens (tertiary/aromatic N) is 1. The zero-order valence-corrected chi connectivity index (χ0v) is 8.28. The Morgan fingerprint density at radius 1 is 1.69 bits per heavy atom. The minimum Gasteiger partial charge on any atom is -0.393 e. The van der Waals surface area contributed by atoms with Gasteiger partial charge in [-0.15, -0.1) is 0 Å². The van der Waals surface area contributed by atoms with Gasteiger partial charge in [-0.25, -0.2) is 0 Å². The zero-order chi connectivity index (χ0) is 9.68. The number of morpholine rings is 1. The first kappa shape index (κ1) is 10.9. The minimum atomic E-state index is -0.209. The molecule has 1 rings (SSSR count). The molecule has 4 nitrogen and oxygen atoms in total. The van der Waals surface area contributed by atoms with Crippen LogP contribution in [-0.4, -0.2) is 55.0 Å². The van der Waals surface area contributed by atoms with E-state index >= 15 is 0 Å². The highest BCUT2D eigenvalue weighted by Gasteiger charge is 2.18. The van der Waals surface area contributed by atoms with Crippen LogP contribution in [0.5, 0.6) is 0 Å². The summed E-state index contributed by atoms with van der Waals surface area (Å²) in [5.74, 6) is 0. The lowest BCUT2D eigenvalue weighted by molar-refractivity contribution is -0.0262. The van der Waals surface area contributed by atoms with Crippen molar-refractivity contribution in [3.8, 4) is 0 Å². The number of hydrogen-bond acceptors (Lipinski definition) is 4. The second-order valence-corrected chi connectivity index (χ2v) is 3.67. The smallest absolute Gasteiger partial charge is 0.0824 e. The van der Waals surface area contributed by atoms with Crippen molar-refractivity contribution in [2.75, 3.05) is 32.8 Å². The highest BCUT2D eigenvalue weighted by atomic mass is 16.5. The molecule has 0 spiro atoms. The Bertz CT molecular complexity index is 142. The summed E-state index contributed by atoms with van der Waals surface area (Å²) >= 11 is 0. The van der Waals surface area contributed by atoms with E-state index in [0.717, 1.165) is 32.7 Å². The van der Waals surface area contributed by atoms with E-state index in [4.69, 9.17) is 15.6 Å². The average Bonchev–Trinajstić information content (AvgIpc) is 2.15. The van der Waals surface area contributed by atoms with Gasteiger partial charge in [0, 0.05) is 26.2 Å². The Morgan fingerprint density at radius 2 is 2.46 bits per heavy atom. The summed E-state index contributed by atoms with van der Waals surface area (Å²) in [4.78, 5) is 2.30. The molecular weight excluding hydrogens is 168 g/mol. The lowest BCUT2D eigenvalue weighted by Crippen LogP contribution is -2.46. The third kappa shape index (κ3) is 4.04. The topological polar surface area (TPSA) is 58.7 Å². The first-order valence-electron chi connectivity index (χ1n) is 4.94. The van der Waals surface area contributed by atoms with Crippen LogP contribution in [0.2, 0.25) is 0 Å². The highest BCUT2D eigenvalue weighted by molar-refractivity contribution is 4.72. The quantitative estimate of drug-likeness (QED) is 0.619. The van der Waals surface area contributed by atoms with Crippen molar-refractivity contribution in [2.45, 2.75) is 25.6 Å². The van der Waals surface area contributed by atoms with E-state index in [0.29, 0.717) is 6.54 Å². The minimum absolute atomic E-state index is 0.183. The van der Waals surface area contributed by atoms with Crippen LogP contribution in [-0.2, 0) is 4.74 Å². The molecule has 0 aromatic carbocycles. The van der Waals surface area contributed by atoms with E-state index < -0.39 is 0 Å². The van der Waals surface area contributed by atoms with Crippen LogP contribution in [0.15, 0.2) is 0 Å². The maximum absolute atomic E-state index is 9.12. The molecule has 1 aliphatic rings. The van der Waals surface area contributed by atoms with Crippen molar-refractivity contribution in [1.29, 1.82) is 0 Å². The maximum Gasteiger partial charge on any atom is 0.0824 e. The van der Waals surface area contributed by atoms with Crippen molar-refractivity contribution >= 4 is 0 Å². The van der Waals surface area contributed by atoms with E-state index in [2.05, 4.69) is 4.90 Å². The Balaban J connectivity index is 2.18. The molecule has 0 bridgehead atoms. The van der Waals surface area contributed by atoms with Crippen LogP contribution in [0, 0.1) is 0 Å². The molecule has 78 valence electrons. The first-order chi connectivity index (χ1) is 6.22. The SMILES string of the molecule is CC(O)CCN1CCOC(CN)C1. The molecule has 0 saturated carbocycles. The molecule has 1 aliphatic heterocycles. The molecule has 1 saturated heterocycles. The molecular formula is C9H20N2O2. The zero-order valence-electron chi connectivity index (χ0n) is 8.28. The molecule has 2 unspecified atom stereocenters. The van der Waals surface area contributed by atoms with Gasteiger partial charge in [0.1, 0.15) is 0 Å². The van der Waals surface area contributed by atoms with Crippen molar-refractivity contribution in [3.63, 3.8) is 0 Å². The van der Waals surface area contributed by atoms with Crippen molar-refractivity contribution < 1.29 is 9.84 Å². The molecule has 1 heterocycles. The molecule has 4 heteroatoms. The standard InChI is InChI=1S/C9H20N2O2/c1-8(12)2-3-11-4-5-13-9(6-10)7-11/h8-9,12H,2-7,10H2,1H3. The fraction of sp³-hybridized carbons (Fsp3) is 1.00. The summed E-state index contributed by atoms with van der Waals surface area (Å²) in [6, 6.07) is 0. The predicted molar refractivity (Wildman–Crippen MR) is 51.5 cm³/mol. The fourth-order valence-corrected chi connectivity index (χ4v) is 1.50. The second-order valence-electron chi connectivity index (χ2n) is 3.67. The Kier molecular flexibility index (Phi) is 4.66. The number of nitrogens with two attached hydrogens (primary N) is 1. The van der Waals surface area contributed by atoms with Crippen molar-refractivity contribution in [1.82, 2.24) is 4.90 Å². The van der Waals surface area contributed by atoms with Gasteiger partial charge in [0.25, 0.3) is 0 Å². The van der Waals surface area contributed by atoms with Gasteiger partial charge < -0.3 is 15.6 Å². The number of aliphatic hydroxyl groups excluding tert-OH is 1. The predicted octanol–water partition coefficient (Wildman–Crippen LogP) is -0.583. The monoisotopic (exact) mass is 188 g/mol. The Labute approximate surface area is 79.7 Å². The number of hydrogen-bond donors (Lipinski definition) is 2. The molecule has 13 heavy (non-hydrogen) atoms. The summed E-state index contributed by atoms with van der Waals surface area (Å²) in [7, 11) is 0. The highest BCUT2D eigenvalue weighted by Crippen LogP contribution is 2.05. The van der Waals surface area contributed by atoms with Crippen molar-refractivity contribution in [3.05, 3.63) is 0 Å². The molecule has 0 aromatic heterocycles. The van der Waals surface area contributed by atoms with E-state index in [1.54, 1.807) is 0 Å². The summed E-state index contributed by atoms with van der Waals surface area (Å²) in [5.41, 5.74) is 5.52. The molecule has 0 aliphatic carbocycles. The van der Waals surface area contributed by atoms with Crippen molar-refractivity contribution in [2.24, 2.45) is 5.73 Å². The van der Waals surface area contributed by atoms with Gasteiger partial charge in [-0.05, 0) is 13.3 Å². The number of rotatable bonds is 4. The third-order valence-electron chi connectivity index (χ3n) is 2.35. The molecule has 3 N–H and O–H groups in total. The molecule has 1 fully saturated rings. The summed E-state index contributed by atoms with van der Waals surface area (Å²) in [6.45, 7) is 5.98. The summed E-state index contributed by atoms with van der Waals surface area (Å²) in [6.07, 6.45) is 0.805. The molecule has 2 atom stereocenters. The summed E-state index contributed by atoms with van der Waals surface area (Å²) < 4.78 is 5.43. The largest absolute Gasteiger partial charge is 0.393 e. The van der Waals surface area contributed by atoms with Crippen LogP contribution >= 0.6 is 0 Å². The summed E-state index contributed by atoms with van der Waals surface area (Å²) in [5, 5.41) is 9.12. The second kappa shape index (κ2) is 5.54. The lowest BCUT2D eigenvalue weighted by atomic mass is 10.2. The van der Waals surface area contributed by atoms with E-state index in [1.807, 2.05) is 6.92 Å². The van der Waals surface area contributed by atoms with Gasteiger partial charge in [-0.3, -0.25) is 4.90 Å². The molecule has 0 aromatic rings. The Hall–Kier alpha value is -0.160. The lowest BCUT2D eigenvalue weighted by Gasteiger charge is -2.32. The van der Waals surface area contributed by atoms with Gasteiger partial charge in [-0.1, -0.05) is 0 Å². The van der Waals surface area contributed by atoms with Crippen LogP contribution in [0.3, 0.4) is 0 Å². The Morgan fingerprint density at radius 3 is 3.08 bits per heavy atom. The van der Waals surface area contributed by atoms with E-state index in [9.17, 15) is 0 Å². The first-order valence-corrected chi connectivity index (χ1v) is 4.94. The van der Waals surface area contributed by atoms with Gasteiger partial charge in [-0.2, -0.15) is 0 Å². The third-order valence-corrected chi connectivity index (χ3v) is 2.35. The van der Waals surface area contributed by atoms with Crippen LogP contribution < -0.4 is 5.73 Å². The van der Waals surface area contributed by atoms with Gasteiger partial charge in [0.2, 0.25) is 0 Å². The van der Waals surface area contributed by atoms with E-state index in [1.165, 1.54) is 0 Å². The van der Waals surface area contributed by atoms with Crippen LogP contribution in [0.25, 0.3) is 0 Å². The molecule has 0 amide bonds. The average molecular weight is 188 g/mol. The fourth-order valence-electron chi connectivity index (χ4n) is 1.50. The normalized spacial score (nSPS) is 27.5.